The van der Waals surface area contributed by atoms with Gasteiger partial charge in [-0.15, -0.1) is 11.8 Å². The molecule has 0 aliphatic carbocycles. The average Bonchev–Trinajstić information content (AvgIpc) is 3.10. The highest BCUT2D eigenvalue weighted by atomic mass is 32.2. The fraction of sp³-hybridized carbons (Fsp3) is 0.381. The predicted molar refractivity (Wildman–Crippen MR) is 104 cm³/mol. The molecular formula is C21H25NO2S. The molecule has 2 aromatic rings. The molecule has 1 heterocycles. The summed E-state index contributed by atoms with van der Waals surface area (Å²) in [4.78, 5) is 14.5. The van der Waals surface area contributed by atoms with Crippen LogP contribution in [-0.2, 0) is 11.4 Å². The minimum absolute atomic E-state index is 0.103. The summed E-state index contributed by atoms with van der Waals surface area (Å²) in [5.41, 5.74) is 2.29. The Bertz CT molecular complexity index is 702. The molecule has 1 aliphatic rings. The number of amides is 1. The molecule has 25 heavy (non-hydrogen) atoms. The van der Waals surface area contributed by atoms with Crippen molar-refractivity contribution in [1.29, 1.82) is 0 Å². The van der Waals surface area contributed by atoms with E-state index in [-0.39, 0.29) is 11.3 Å². The fourth-order valence-electron chi connectivity index (χ4n) is 2.97. The monoisotopic (exact) mass is 355 g/mol. The fourth-order valence-corrected chi connectivity index (χ4v) is 4.23. The predicted octanol–water partition coefficient (Wildman–Crippen LogP) is 4.89. The molecule has 3 rings (SSSR count). The van der Waals surface area contributed by atoms with E-state index in [0.29, 0.717) is 18.9 Å². The Morgan fingerprint density at radius 2 is 2.00 bits per heavy atom. The molecule has 4 heteroatoms. The molecule has 3 nitrogen and oxygen atoms in total. The topological polar surface area (TPSA) is 29.5 Å². The number of ether oxygens (including phenoxy) is 1. The zero-order valence-corrected chi connectivity index (χ0v) is 15.7. The highest BCUT2D eigenvalue weighted by Crippen LogP contribution is 2.39. The number of carbonyl (C=O) groups excluding carboxylic acids is 1. The summed E-state index contributed by atoms with van der Waals surface area (Å²) in [6.07, 6.45) is 0.612. The number of benzene rings is 2. The first-order chi connectivity index (χ1) is 12.1. The lowest BCUT2D eigenvalue weighted by atomic mass is 10.1. The van der Waals surface area contributed by atoms with Crippen LogP contribution in [0.1, 0.15) is 36.8 Å². The Balaban J connectivity index is 1.68. The lowest BCUT2D eigenvalue weighted by Gasteiger charge is -2.25. The van der Waals surface area contributed by atoms with Gasteiger partial charge in [0.05, 0.1) is 0 Å². The molecule has 1 atom stereocenters. The number of hydrogen-bond acceptors (Lipinski definition) is 3. The van der Waals surface area contributed by atoms with Crippen LogP contribution >= 0.6 is 11.8 Å². The highest BCUT2D eigenvalue weighted by Gasteiger charge is 2.30. The van der Waals surface area contributed by atoms with Crippen LogP contribution in [0.15, 0.2) is 54.6 Å². The molecule has 0 N–H and O–H groups in total. The van der Waals surface area contributed by atoms with Gasteiger partial charge in [0.2, 0.25) is 5.91 Å². The van der Waals surface area contributed by atoms with Crippen LogP contribution in [-0.4, -0.2) is 23.1 Å². The first-order valence-electron chi connectivity index (χ1n) is 8.81. The van der Waals surface area contributed by atoms with Gasteiger partial charge >= 0.3 is 0 Å². The average molecular weight is 356 g/mol. The molecule has 0 aromatic heterocycles. The van der Waals surface area contributed by atoms with Crippen molar-refractivity contribution < 1.29 is 9.53 Å². The van der Waals surface area contributed by atoms with Crippen molar-refractivity contribution in [2.45, 2.75) is 32.2 Å². The second-order valence-electron chi connectivity index (χ2n) is 6.76. The summed E-state index contributed by atoms with van der Waals surface area (Å²) in [5, 5.41) is 0.103. The smallest absolute Gasteiger partial charge is 0.224 e. The Morgan fingerprint density at radius 1 is 1.20 bits per heavy atom. The Labute approximate surface area is 154 Å². The van der Waals surface area contributed by atoms with Crippen molar-refractivity contribution in [2.24, 2.45) is 5.92 Å². The maximum absolute atomic E-state index is 12.5. The van der Waals surface area contributed by atoms with Crippen LogP contribution in [0, 0.1) is 5.92 Å². The van der Waals surface area contributed by atoms with Crippen LogP contribution in [0.4, 0.5) is 0 Å². The van der Waals surface area contributed by atoms with E-state index in [1.165, 1.54) is 0 Å². The standard InChI is InChI=1S/C21H25NO2S/c1-16(2)13-20(23)22-11-12-25-21(22)18-9-6-10-19(14-18)24-15-17-7-4-3-5-8-17/h3-10,14,16,21H,11-13,15H2,1-2H3. The van der Waals surface area contributed by atoms with Gasteiger partial charge in [-0.05, 0) is 29.2 Å². The number of hydrogen-bond donors (Lipinski definition) is 0. The summed E-state index contributed by atoms with van der Waals surface area (Å²) in [6.45, 7) is 5.57. The Morgan fingerprint density at radius 3 is 2.76 bits per heavy atom. The minimum atomic E-state index is 0.103. The van der Waals surface area contributed by atoms with Crippen molar-refractivity contribution >= 4 is 17.7 Å². The van der Waals surface area contributed by atoms with Crippen molar-refractivity contribution in [3.8, 4) is 5.75 Å². The lowest BCUT2D eigenvalue weighted by molar-refractivity contribution is -0.132. The minimum Gasteiger partial charge on any atom is -0.489 e. The zero-order valence-electron chi connectivity index (χ0n) is 14.9. The molecule has 132 valence electrons. The molecule has 0 bridgehead atoms. The summed E-state index contributed by atoms with van der Waals surface area (Å²) in [6, 6.07) is 18.3. The highest BCUT2D eigenvalue weighted by molar-refractivity contribution is 7.99. The first-order valence-corrected chi connectivity index (χ1v) is 9.86. The summed E-state index contributed by atoms with van der Waals surface area (Å²) in [7, 11) is 0. The van der Waals surface area contributed by atoms with E-state index in [1.807, 2.05) is 47.0 Å². The molecule has 2 aromatic carbocycles. The molecular weight excluding hydrogens is 330 g/mol. The van der Waals surface area contributed by atoms with Gasteiger partial charge in [-0.2, -0.15) is 0 Å². The molecule has 1 saturated heterocycles. The van der Waals surface area contributed by atoms with Crippen LogP contribution < -0.4 is 4.74 Å². The van der Waals surface area contributed by atoms with E-state index in [1.54, 1.807) is 0 Å². The van der Waals surface area contributed by atoms with Crippen LogP contribution in [0.5, 0.6) is 5.75 Å². The molecule has 1 fully saturated rings. The van der Waals surface area contributed by atoms with Gasteiger partial charge in [0, 0.05) is 18.7 Å². The van der Waals surface area contributed by atoms with E-state index in [2.05, 4.69) is 38.1 Å². The molecule has 0 radical (unpaired) electrons. The zero-order chi connectivity index (χ0) is 17.6. The van der Waals surface area contributed by atoms with E-state index in [4.69, 9.17) is 4.74 Å². The van der Waals surface area contributed by atoms with E-state index >= 15 is 0 Å². The normalized spacial score (nSPS) is 17.1. The van der Waals surface area contributed by atoms with Gasteiger partial charge in [0.1, 0.15) is 17.7 Å². The van der Waals surface area contributed by atoms with Crippen molar-refractivity contribution in [1.82, 2.24) is 4.90 Å². The maximum atomic E-state index is 12.5. The number of thioether (sulfide) groups is 1. The van der Waals surface area contributed by atoms with Gasteiger partial charge < -0.3 is 9.64 Å². The van der Waals surface area contributed by atoms with Crippen LogP contribution in [0.3, 0.4) is 0 Å². The molecule has 1 amide bonds. The third kappa shape index (κ3) is 4.79. The summed E-state index contributed by atoms with van der Waals surface area (Å²) >= 11 is 1.83. The van der Waals surface area contributed by atoms with E-state index in [9.17, 15) is 4.79 Å². The quantitative estimate of drug-likeness (QED) is 0.739. The second-order valence-corrected chi connectivity index (χ2v) is 7.94. The van der Waals surface area contributed by atoms with Crippen LogP contribution in [0.25, 0.3) is 0 Å². The van der Waals surface area contributed by atoms with Gasteiger partial charge in [0.15, 0.2) is 0 Å². The third-order valence-corrected chi connectivity index (χ3v) is 5.45. The van der Waals surface area contributed by atoms with Crippen LogP contribution in [0.2, 0.25) is 0 Å². The molecule has 1 unspecified atom stereocenters. The van der Waals surface area contributed by atoms with Crippen molar-refractivity contribution in [2.75, 3.05) is 12.3 Å². The SMILES string of the molecule is CC(C)CC(=O)N1CCSC1c1cccc(OCc2ccccc2)c1. The van der Waals surface area contributed by atoms with E-state index < -0.39 is 0 Å². The Hall–Kier alpha value is -1.94. The number of rotatable bonds is 6. The largest absolute Gasteiger partial charge is 0.489 e. The van der Waals surface area contributed by atoms with Gasteiger partial charge in [-0.1, -0.05) is 56.3 Å². The summed E-state index contributed by atoms with van der Waals surface area (Å²) in [5.74, 6) is 2.48. The van der Waals surface area contributed by atoms with E-state index in [0.717, 1.165) is 29.2 Å². The molecule has 0 saturated carbocycles. The van der Waals surface area contributed by atoms with Gasteiger partial charge in [0.25, 0.3) is 0 Å². The summed E-state index contributed by atoms with van der Waals surface area (Å²) < 4.78 is 5.94. The van der Waals surface area contributed by atoms with Gasteiger partial charge in [-0.25, -0.2) is 0 Å². The number of nitrogens with zero attached hydrogens (tertiary/aromatic N) is 1. The lowest BCUT2D eigenvalue weighted by Crippen LogP contribution is -2.31. The van der Waals surface area contributed by atoms with Crippen molar-refractivity contribution in [3.05, 3.63) is 65.7 Å². The third-order valence-electron chi connectivity index (χ3n) is 4.19. The maximum Gasteiger partial charge on any atom is 0.224 e. The van der Waals surface area contributed by atoms with Crippen molar-refractivity contribution in [3.63, 3.8) is 0 Å². The second kappa shape index (κ2) is 8.43. The Kier molecular flexibility index (Phi) is 6.03. The molecule has 0 spiro atoms. The molecule has 1 aliphatic heterocycles. The first kappa shape index (κ1) is 17.9. The van der Waals surface area contributed by atoms with Gasteiger partial charge in [-0.3, -0.25) is 4.79 Å². The number of carbonyl (C=O) groups is 1.